The second kappa shape index (κ2) is 6.82. The van der Waals surface area contributed by atoms with Gasteiger partial charge in [-0.3, -0.25) is 18.7 Å². The van der Waals surface area contributed by atoms with Crippen LogP contribution in [0.25, 0.3) is 0 Å². The van der Waals surface area contributed by atoms with E-state index in [0.717, 1.165) is 4.57 Å². The molecule has 1 atom stereocenters. The van der Waals surface area contributed by atoms with Crippen molar-refractivity contribution in [2.45, 2.75) is 12.3 Å². The Hall–Kier alpha value is -3.23. The summed E-state index contributed by atoms with van der Waals surface area (Å²) in [4.78, 5) is 37.4. The van der Waals surface area contributed by atoms with Crippen molar-refractivity contribution in [2.75, 3.05) is 26.6 Å². The summed E-state index contributed by atoms with van der Waals surface area (Å²) in [5.74, 6) is 0.500. The third kappa shape index (κ3) is 2.75. The molecule has 0 spiro atoms. The summed E-state index contributed by atoms with van der Waals surface area (Å²) in [7, 11) is 7.38. The Labute approximate surface area is 155 Å². The monoisotopic (exact) mass is 375 g/mol. The number of carbonyl (C=O) groups is 1. The summed E-state index contributed by atoms with van der Waals surface area (Å²) in [6.45, 7) is 0. The minimum Gasteiger partial charge on any atom is -0.493 e. The Bertz CT molecular complexity index is 1040. The van der Waals surface area contributed by atoms with Gasteiger partial charge in [0.25, 0.3) is 5.56 Å². The highest BCUT2D eigenvalue weighted by molar-refractivity contribution is 5.94. The fourth-order valence-electron chi connectivity index (χ4n) is 3.47. The van der Waals surface area contributed by atoms with E-state index in [9.17, 15) is 14.4 Å². The molecule has 1 aromatic carbocycles. The minimum absolute atomic E-state index is 0.0340. The number of aromatic nitrogens is 2. The van der Waals surface area contributed by atoms with Crippen LogP contribution in [-0.4, -0.2) is 36.4 Å². The maximum atomic E-state index is 12.9. The van der Waals surface area contributed by atoms with Crippen molar-refractivity contribution in [1.82, 2.24) is 9.13 Å². The molecule has 27 heavy (non-hydrogen) atoms. The van der Waals surface area contributed by atoms with Crippen molar-refractivity contribution in [3.63, 3.8) is 0 Å². The number of rotatable bonds is 4. The van der Waals surface area contributed by atoms with Gasteiger partial charge < -0.3 is 19.5 Å². The number of anilines is 1. The average molecular weight is 375 g/mol. The summed E-state index contributed by atoms with van der Waals surface area (Å²) < 4.78 is 18.5. The fourth-order valence-corrected chi connectivity index (χ4v) is 3.47. The molecule has 1 amide bonds. The first-order valence-electron chi connectivity index (χ1n) is 8.24. The van der Waals surface area contributed by atoms with Crippen LogP contribution in [0.2, 0.25) is 0 Å². The lowest BCUT2D eigenvalue weighted by molar-refractivity contribution is -0.116. The molecule has 0 unspecified atom stereocenters. The van der Waals surface area contributed by atoms with Crippen LogP contribution in [0.5, 0.6) is 17.2 Å². The molecule has 1 aromatic heterocycles. The molecule has 0 bridgehead atoms. The second-order valence-electron chi connectivity index (χ2n) is 6.20. The predicted molar refractivity (Wildman–Crippen MR) is 98.1 cm³/mol. The van der Waals surface area contributed by atoms with Crippen molar-refractivity contribution in [3.05, 3.63) is 44.1 Å². The molecule has 1 aliphatic rings. The van der Waals surface area contributed by atoms with E-state index in [0.29, 0.717) is 28.4 Å². The number of benzene rings is 1. The summed E-state index contributed by atoms with van der Waals surface area (Å²) in [5.41, 5.74) is -0.0550. The lowest BCUT2D eigenvalue weighted by Gasteiger charge is -2.28. The zero-order valence-electron chi connectivity index (χ0n) is 15.8. The number of ether oxygens (including phenoxy) is 3. The highest BCUT2D eigenvalue weighted by atomic mass is 16.5. The largest absolute Gasteiger partial charge is 0.493 e. The summed E-state index contributed by atoms with van der Waals surface area (Å²) in [6, 6.07) is 3.42. The van der Waals surface area contributed by atoms with Gasteiger partial charge in [-0.2, -0.15) is 0 Å². The number of carbonyl (C=O) groups excluding carboxylic acids is 1. The number of methoxy groups -OCH3 is 3. The van der Waals surface area contributed by atoms with E-state index >= 15 is 0 Å². The normalized spacial score (nSPS) is 15.7. The lowest BCUT2D eigenvalue weighted by atomic mass is 9.85. The first-order valence-corrected chi connectivity index (χ1v) is 8.24. The number of hydrogen-bond acceptors (Lipinski definition) is 6. The lowest BCUT2D eigenvalue weighted by Crippen LogP contribution is -2.44. The third-order valence-corrected chi connectivity index (χ3v) is 4.81. The summed E-state index contributed by atoms with van der Waals surface area (Å²) in [6.07, 6.45) is 0.0340. The van der Waals surface area contributed by atoms with E-state index in [1.165, 1.54) is 40.0 Å². The van der Waals surface area contributed by atoms with Gasteiger partial charge in [0.2, 0.25) is 11.7 Å². The Morgan fingerprint density at radius 3 is 2.22 bits per heavy atom. The van der Waals surface area contributed by atoms with Gasteiger partial charge in [0.15, 0.2) is 11.5 Å². The van der Waals surface area contributed by atoms with Crippen LogP contribution in [0.3, 0.4) is 0 Å². The summed E-state index contributed by atoms with van der Waals surface area (Å²) in [5, 5.41) is 2.64. The second-order valence-corrected chi connectivity index (χ2v) is 6.20. The third-order valence-electron chi connectivity index (χ3n) is 4.81. The number of fused-ring (bicyclic) bond motifs is 1. The van der Waals surface area contributed by atoms with Crippen molar-refractivity contribution < 1.29 is 19.0 Å². The highest BCUT2D eigenvalue weighted by Gasteiger charge is 2.35. The number of nitrogens with one attached hydrogen (secondary N) is 1. The molecule has 0 fully saturated rings. The number of hydrogen-bond donors (Lipinski definition) is 1. The predicted octanol–water partition coefficient (Wildman–Crippen LogP) is 0.584. The number of nitrogens with zero attached hydrogens (tertiary/aromatic N) is 2. The summed E-state index contributed by atoms with van der Waals surface area (Å²) >= 11 is 0. The molecule has 3 rings (SSSR count). The van der Waals surface area contributed by atoms with Gasteiger partial charge in [0, 0.05) is 32.0 Å². The fraction of sp³-hybridized carbons (Fsp3) is 0.389. The van der Waals surface area contributed by atoms with Gasteiger partial charge in [-0.15, -0.1) is 0 Å². The Kier molecular flexibility index (Phi) is 4.69. The molecule has 0 saturated carbocycles. The Morgan fingerprint density at radius 1 is 0.963 bits per heavy atom. The van der Waals surface area contributed by atoms with Crippen LogP contribution in [0.4, 0.5) is 5.82 Å². The zero-order chi connectivity index (χ0) is 19.9. The molecule has 1 N–H and O–H groups in total. The maximum absolute atomic E-state index is 12.9. The van der Waals surface area contributed by atoms with Crippen LogP contribution < -0.4 is 30.8 Å². The SMILES string of the molecule is COc1ccc([C@@H]2CC(=O)Nc3c2c(=O)n(C)c(=O)n3C)c(OC)c1OC. The molecular formula is C18H21N3O6. The van der Waals surface area contributed by atoms with Crippen molar-refractivity contribution in [1.29, 1.82) is 0 Å². The van der Waals surface area contributed by atoms with Crippen LogP contribution >= 0.6 is 0 Å². The molecular weight excluding hydrogens is 354 g/mol. The molecule has 144 valence electrons. The maximum Gasteiger partial charge on any atom is 0.332 e. The van der Waals surface area contributed by atoms with Gasteiger partial charge in [-0.05, 0) is 6.07 Å². The molecule has 2 aromatic rings. The molecule has 1 aliphatic heterocycles. The molecule has 0 saturated heterocycles. The molecule has 2 heterocycles. The molecule has 0 radical (unpaired) electrons. The van der Waals surface area contributed by atoms with E-state index in [4.69, 9.17) is 14.2 Å². The first kappa shape index (κ1) is 18.6. The standard InChI is InChI=1S/C18H21N3O6/c1-20-16-13(17(23)21(2)18(20)24)10(8-12(22)19-16)9-6-7-11(25-3)15(27-5)14(9)26-4/h6-7,10H,8H2,1-5H3,(H,19,22)/t10-/m0/s1. The van der Waals surface area contributed by atoms with Crippen molar-refractivity contribution >= 4 is 11.7 Å². The van der Waals surface area contributed by atoms with Crippen LogP contribution in [0, 0.1) is 0 Å². The smallest absolute Gasteiger partial charge is 0.332 e. The van der Waals surface area contributed by atoms with Crippen LogP contribution in [0.15, 0.2) is 21.7 Å². The van der Waals surface area contributed by atoms with Crippen molar-refractivity contribution in [3.8, 4) is 17.2 Å². The topological polar surface area (TPSA) is 101 Å². The van der Waals surface area contributed by atoms with Crippen LogP contribution in [0.1, 0.15) is 23.5 Å². The first-order chi connectivity index (χ1) is 12.8. The quantitative estimate of drug-likeness (QED) is 0.839. The van der Waals surface area contributed by atoms with Gasteiger partial charge in [0.1, 0.15) is 5.82 Å². The number of amides is 1. The molecule has 9 heteroatoms. The van der Waals surface area contributed by atoms with Gasteiger partial charge in [-0.25, -0.2) is 4.79 Å². The van der Waals surface area contributed by atoms with E-state index < -0.39 is 17.2 Å². The van der Waals surface area contributed by atoms with Gasteiger partial charge in [-0.1, -0.05) is 6.07 Å². The van der Waals surface area contributed by atoms with Crippen molar-refractivity contribution in [2.24, 2.45) is 14.1 Å². The van der Waals surface area contributed by atoms with Gasteiger partial charge >= 0.3 is 5.69 Å². The highest BCUT2D eigenvalue weighted by Crippen LogP contribution is 2.46. The van der Waals surface area contributed by atoms with Crippen LogP contribution in [-0.2, 0) is 18.9 Å². The van der Waals surface area contributed by atoms with E-state index in [-0.39, 0.29) is 18.1 Å². The van der Waals surface area contributed by atoms with E-state index in [2.05, 4.69) is 5.32 Å². The van der Waals surface area contributed by atoms with E-state index in [1.807, 2.05) is 0 Å². The van der Waals surface area contributed by atoms with E-state index in [1.54, 1.807) is 12.1 Å². The minimum atomic E-state index is -0.603. The molecule has 0 aliphatic carbocycles. The molecule has 9 nitrogen and oxygen atoms in total. The zero-order valence-corrected chi connectivity index (χ0v) is 15.8. The van der Waals surface area contributed by atoms with Gasteiger partial charge in [0.05, 0.1) is 26.9 Å². The Morgan fingerprint density at radius 2 is 1.63 bits per heavy atom. The Balaban J connectivity index is 2.35. The average Bonchev–Trinajstić information content (AvgIpc) is 2.68.